The summed E-state index contributed by atoms with van der Waals surface area (Å²) in [6, 6.07) is 17.6. The molecule has 3 aromatic rings. The van der Waals surface area contributed by atoms with Crippen molar-refractivity contribution in [3.63, 3.8) is 0 Å². The van der Waals surface area contributed by atoms with Gasteiger partial charge < -0.3 is 9.64 Å². The smallest absolute Gasteiger partial charge is 0.236 e. The van der Waals surface area contributed by atoms with E-state index in [9.17, 15) is 4.79 Å². The van der Waals surface area contributed by atoms with E-state index in [4.69, 9.17) is 4.74 Å². The Kier molecular flexibility index (Phi) is 6.71. The van der Waals surface area contributed by atoms with Gasteiger partial charge in [-0.2, -0.15) is 0 Å². The first kappa shape index (κ1) is 19.9. The third-order valence-corrected chi connectivity index (χ3v) is 5.32. The summed E-state index contributed by atoms with van der Waals surface area (Å²) in [7, 11) is 1.63. The second-order valence-corrected chi connectivity index (χ2v) is 7.60. The van der Waals surface area contributed by atoms with Gasteiger partial charge in [-0.25, -0.2) is 4.98 Å². The van der Waals surface area contributed by atoms with Gasteiger partial charge in [0.25, 0.3) is 0 Å². The number of nitrogens with zero attached hydrogens (tertiary/aromatic N) is 3. The van der Waals surface area contributed by atoms with Crippen molar-refractivity contribution in [1.29, 1.82) is 0 Å². The Balaban J connectivity index is 1.64. The summed E-state index contributed by atoms with van der Waals surface area (Å²) in [5, 5.41) is 7.47. The molecular weight excluding hydrogens is 372 g/mol. The van der Waals surface area contributed by atoms with Gasteiger partial charge in [-0.1, -0.05) is 42.1 Å². The van der Waals surface area contributed by atoms with E-state index in [0.717, 1.165) is 16.9 Å². The first-order chi connectivity index (χ1) is 13.6. The third kappa shape index (κ3) is 4.92. The van der Waals surface area contributed by atoms with Crippen LogP contribution in [0.25, 0.3) is 11.4 Å². The van der Waals surface area contributed by atoms with E-state index in [0.29, 0.717) is 24.1 Å². The summed E-state index contributed by atoms with van der Waals surface area (Å²) >= 11 is 1.36. The maximum Gasteiger partial charge on any atom is 0.236 e. The molecule has 0 aliphatic heterocycles. The Labute approximate surface area is 169 Å². The Morgan fingerprint density at radius 2 is 1.89 bits per heavy atom. The number of thioether (sulfide) groups is 1. The number of aromatic amines is 1. The molecule has 1 heterocycles. The van der Waals surface area contributed by atoms with E-state index < -0.39 is 0 Å². The molecule has 0 aliphatic rings. The lowest BCUT2D eigenvalue weighted by Gasteiger charge is -2.23. The minimum Gasteiger partial charge on any atom is -0.497 e. The first-order valence-electron chi connectivity index (χ1n) is 9.17. The second kappa shape index (κ2) is 9.41. The van der Waals surface area contributed by atoms with E-state index in [1.54, 1.807) is 7.11 Å². The quantitative estimate of drug-likeness (QED) is 0.583. The van der Waals surface area contributed by atoms with Crippen LogP contribution >= 0.6 is 11.8 Å². The number of aromatic nitrogens is 3. The second-order valence-electron chi connectivity index (χ2n) is 6.29. The molecule has 28 heavy (non-hydrogen) atoms. The molecule has 0 bridgehead atoms. The Morgan fingerprint density at radius 3 is 2.54 bits per heavy atom. The summed E-state index contributed by atoms with van der Waals surface area (Å²) in [4.78, 5) is 19.2. The number of nitrogens with one attached hydrogen (secondary N) is 1. The topological polar surface area (TPSA) is 71.1 Å². The molecule has 0 saturated heterocycles. The lowest BCUT2D eigenvalue weighted by Crippen LogP contribution is -2.36. The summed E-state index contributed by atoms with van der Waals surface area (Å²) < 4.78 is 5.17. The monoisotopic (exact) mass is 396 g/mol. The van der Waals surface area contributed by atoms with Crippen LogP contribution in [0.5, 0.6) is 5.75 Å². The van der Waals surface area contributed by atoms with Crippen molar-refractivity contribution < 1.29 is 9.53 Å². The van der Waals surface area contributed by atoms with E-state index in [-0.39, 0.29) is 11.2 Å². The van der Waals surface area contributed by atoms with Gasteiger partial charge in [0.1, 0.15) is 5.75 Å². The SMILES string of the molecule is CCN(Cc1ccccc1)C(=O)C(C)Sc1n[nH]c(-c2ccc(OC)cc2)n1. The number of carbonyl (C=O) groups excluding carboxylic acids is 1. The van der Waals surface area contributed by atoms with Crippen molar-refractivity contribution in [2.45, 2.75) is 30.8 Å². The number of methoxy groups -OCH3 is 1. The number of benzene rings is 2. The van der Waals surface area contributed by atoms with Crippen LogP contribution in [-0.2, 0) is 11.3 Å². The van der Waals surface area contributed by atoms with Crippen molar-refractivity contribution in [3.05, 3.63) is 60.2 Å². The number of ether oxygens (including phenoxy) is 1. The normalized spacial score (nSPS) is 11.8. The summed E-state index contributed by atoms with van der Waals surface area (Å²) in [5.41, 5.74) is 2.04. The van der Waals surface area contributed by atoms with Crippen LogP contribution in [-0.4, -0.2) is 44.9 Å². The zero-order valence-corrected chi connectivity index (χ0v) is 17.1. The third-order valence-electron chi connectivity index (χ3n) is 4.37. The lowest BCUT2D eigenvalue weighted by atomic mass is 10.2. The Bertz CT molecular complexity index is 896. The number of hydrogen-bond acceptors (Lipinski definition) is 5. The average Bonchev–Trinajstić information content (AvgIpc) is 3.20. The molecule has 6 nitrogen and oxygen atoms in total. The average molecular weight is 397 g/mol. The standard InChI is InChI=1S/C21H24N4O2S/c1-4-25(14-16-8-6-5-7-9-16)20(26)15(2)28-21-22-19(23-24-21)17-10-12-18(27-3)13-11-17/h5-13,15H,4,14H2,1-3H3,(H,22,23,24). The molecule has 3 rings (SSSR count). The molecule has 0 radical (unpaired) electrons. The van der Waals surface area contributed by atoms with Gasteiger partial charge in [0.2, 0.25) is 11.1 Å². The zero-order chi connectivity index (χ0) is 19.9. The summed E-state index contributed by atoms with van der Waals surface area (Å²) in [6.45, 7) is 5.15. The molecule has 0 fully saturated rings. The van der Waals surface area contributed by atoms with Crippen LogP contribution in [0.15, 0.2) is 59.8 Å². The molecule has 7 heteroatoms. The van der Waals surface area contributed by atoms with E-state index in [1.165, 1.54) is 11.8 Å². The largest absolute Gasteiger partial charge is 0.497 e. The number of amides is 1. The first-order valence-corrected chi connectivity index (χ1v) is 10.0. The highest BCUT2D eigenvalue weighted by Crippen LogP contribution is 2.25. The molecule has 1 N–H and O–H groups in total. The fourth-order valence-corrected chi connectivity index (χ4v) is 3.60. The fourth-order valence-electron chi connectivity index (χ4n) is 2.79. The minimum atomic E-state index is -0.275. The van der Waals surface area contributed by atoms with Gasteiger partial charge in [-0.05, 0) is 43.7 Å². The molecule has 0 saturated carbocycles. The maximum atomic E-state index is 12.9. The van der Waals surface area contributed by atoms with Crippen LogP contribution in [0.3, 0.4) is 0 Å². The lowest BCUT2D eigenvalue weighted by molar-refractivity contribution is -0.130. The van der Waals surface area contributed by atoms with Crippen LogP contribution in [0.2, 0.25) is 0 Å². The van der Waals surface area contributed by atoms with Crippen molar-refractivity contribution in [2.75, 3.05) is 13.7 Å². The van der Waals surface area contributed by atoms with Gasteiger partial charge in [-0.15, -0.1) is 5.10 Å². The van der Waals surface area contributed by atoms with Crippen molar-refractivity contribution in [3.8, 4) is 17.1 Å². The van der Waals surface area contributed by atoms with E-state index in [1.807, 2.05) is 73.3 Å². The van der Waals surface area contributed by atoms with Crippen LogP contribution in [0.1, 0.15) is 19.4 Å². The Hall–Kier alpha value is -2.80. The highest BCUT2D eigenvalue weighted by molar-refractivity contribution is 8.00. The van der Waals surface area contributed by atoms with Gasteiger partial charge in [0, 0.05) is 18.7 Å². The van der Waals surface area contributed by atoms with Gasteiger partial charge >= 0.3 is 0 Å². The summed E-state index contributed by atoms with van der Waals surface area (Å²) in [5.74, 6) is 1.53. The maximum absolute atomic E-state index is 12.9. The molecule has 0 spiro atoms. The fraction of sp³-hybridized carbons (Fsp3) is 0.286. The number of hydrogen-bond donors (Lipinski definition) is 1. The van der Waals surface area contributed by atoms with Crippen molar-refractivity contribution in [2.24, 2.45) is 0 Å². The van der Waals surface area contributed by atoms with E-state index >= 15 is 0 Å². The van der Waals surface area contributed by atoms with E-state index in [2.05, 4.69) is 15.2 Å². The molecular formula is C21H24N4O2S. The summed E-state index contributed by atoms with van der Waals surface area (Å²) in [6.07, 6.45) is 0. The zero-order valence-electron chi connectivity index (χ0n) is 16.3. The number of H-pyrrole nitrogens is 1. The van der Waals surface area contributed by atoms with Crippen LogP contribution < -0.4 is 4.74 Å². The molecule has 2 aromatic carbocycles. The Morgan fingerprint density at radius 1 is 1.18 bits per heavy atom. The predicted molar refractivity (Wildman–Crippen MR) is 111 cm³/mol. The highest BCUT2D eigenvalue weighted by atomic mass is 32.2. The molecule has 1 amide bonds. The minimum absolute atomic E-state index is 0.0761. The molecule has 1 atom stereocenters. The molecule has 1 unspecified atom stereocenters. The highest BCUT2D eigenvalue weighted by Gasteiger charge is 2.22. The van der Waals surface area contributed by atoms with Crippen LogP contribution in [0, 0.1) is 0 Å². The number of rotatable bonds is 8. The van der Waals surface area contributed by atoms with Crippen molar-refractivity contribution in [1.82, 2.24) is 20.1 Å². The molecule has 146 valence electrons. The van der Waals surface area contributed by atoms with Crippen molar-refractivity contribution >= 4 is 17.7 Å². The van der Waals surface area contributed by atoms with Gasteiger partial charge in [0.15, 0.2) is 5.82 Å². The number of carbonyl (C=O) groups is 1. The van der Waals surface area contributed by atoms with Gasteiger partial charge in [-0.3, -0.25) is 9.89 Å². The van der Waals surface area contributed by atoms with Gasteiger partial charge in [0.05, 0.1) is 12.4 Å². The molecule has 1 aromatic heterocycles. The molecule has 0 aliphatic carbocycles. The van der Waals surface area contributed by atoms with Crippen LogP contribution in [0.4, 0.5) is 0 Å². The predicted octanol–water partition coefficient (Wildman–Crippen LogP) is 4.01.